The normalized spacial score (nSPS) is 30.3. The molecule has 8 bridgehead atoms. The Bertz CT molecular complexity index is 2140. The Morgan fingerprint density at radius 1 is 0.593 bits per heavy atom. The van der Waals surface area contributed by atoms with E-state index in [2.05, 4.69) is 76.0 Å². The van der Waals surface area contributed by atoms with Crippen LogP contribution in [0.15, 0.2) is 134 Å². The summed E-state index contributed by atoms with van der Waals surface area (Å²) < 4.78 is 0. The van der Waals surface area contributed by atoms with Crippen LogP contribution in [0.1, 0.15) is 99.8 Å². The summed E-state index contributed by atoms with van der Waals surface area (Å²) in [4.78, 5) is 20.0. The van der Waals surface area contributed by atoms with Gasteiger partial charge in [0.05, 0.1) is 0 Å². The van der Waals surface area contributed by atoms with Gasteiger partial charge < -0.3 is 0 Å². The van der Waals surface area contributed by atoms with Gasteiger partial charge in [0.25, 0.3) is 0 Å². The zero-order valence-corrected chi connectivity index (χ0v) is 37.2. The molecule has 59 heavy (non-hydrogen) atoms. The van der Waals surface area contributed by atoms with Gasteiger partial charge in [0.2, 0.25) is 0 Å². The van der Waals surface area contributed by atoms with E-state index in [4.69, 9.17) is 19.9 Å². The molecule has 8 fully saturated rings. The molecular formula is C52H56FeN4P2. The Kier molecular flexibility index (Phi) is 10.9. The van der Waals surface area contributed by atoms with Crippen LogP contribution in [0.2, 0.25) is 0 Å². The second-order valence-corrected chi connectivity index (χ2v) is 23.3. The molecule has 6 aromatic rings. The topological polar surface area (TPSA) is 51.6 Å². The van der Waals surface area contributed by atoms with Crippen LogP contribution in [0.4, 0.5) is 0 Å². The molecule has 302 valence electrons. The standard InChI is InChI=1S/C47H51N4P2.C5H5.Fe/c52-47(43-48-13-7-14-49-43,44-50-15-8-16-51-44)41-23-39(37-9-3-1-4-10-37)42(38-11-5-2-6-12-38)40(41)30-53(45-24-31-17-32(25-45)19-33(18-31)26-45)46-27-34-20-35(28-46)22-36(21-34)29-46;1-2-4-5-3-1;/h1-16,23,31-36H,17-22,24-30,52H2;1-5H;/q2*-1;+2. The Balaban J connectivity index is 0.000000655. The molecule has 1 unspecified atom stereocenters. The molecule has 1 atom stereocenters. The first kappa shape index (κ1) is 39.8. The number of nitrogens with zero attached hydrogens (tertiary/aromatic N) is 4. The van der Waals surface area contributed by atoms with E-state index in [9.17, 15) is 0 Å². The van der Waals surface area contributed by atoms with E-state index >= 15 is 0 Å². The first-order chi connectivity index (χ1) is 28.5. The minimum Gasteiger partial charge on any atom is -0.240 e. The molecule has 4 aromatic carbocycles. The zero-order valence-electron chi connectivity index (χ0n) is 34.0. The molecule has 2 aromatic heterocycles. The molecule has 14 rings (SSSR count). The summed E-state index contributed by atoms with van der Waals surface area (Å²) in [6.45, 7) is 0. The monoisotopic (exact) mass is 854 g/mol. The van der Waals surface area contributed by atoms with Crippen molar-refractivity contribution in [3.63, 3.8) is 0 Å². The quantitative estimate of drug-likeness (QED) is 0.0826. The van der Waals surface area contributed by atoms with Gasteiger partial charge in [-0.3, -0.25) is 0 Å². The van der Waals surface area contributed by atoms with Crippen molar-refractivity contribution in [3.05, 3.63) is 157 Å². The summed E-state index contributed by atoms with van der Waals surface area (Å²) in [5, 5.41) is 0.195. The number of hydrogen-bond donors (Lipinski definition) is 0. The van der Waals surface area contributed by atoms with Crippen LogP contribution in [0.3, 0.4) is 0 Å². The van der Waals surface area contributed by atoms with Crippen molar-refractivity contribution in [2.75, 3.05) is 0 Å². The summed E-state index contributed by atoms with van der Waals surface area (Å²) in [5.41, 5.74) is 8.10. The van der Waals surface area contributed by atoms with Crippen LogP contribution < -0.4 is 0 Å². The third-order valence-electron chi connectivity index (χ3n) is 15.6. The molecule has 0 radical (unpaired) electrons. The van der Waals surface area contributed by atoms with Crippen LogP contribution in [0.5, 0.6) is 0 Å². The van der Waals surface area contributed by atoms with Gasteiger partial charge in [0.1, 0.15) is 16.8 Å². The molecule has 0 aliphatic heterocycles. The van der Waals surface area contributed by atoms with Crippen LogP contribution in [0.25, 0.3) is 22.3 Å². The Morgan fingerprint density at radius 3 is 1.42 bits per heavy atom. The molecule has 8 aliphatic carbocycles. The largest absolute Gasteiger partial charge is 2.00 e. The Morgan fingerprint density at radius 2 is 1.02 bits per heavy atom. The minimum absolute atomic E-state index is 0. The van der Waals surface area contributed by atoms with Gasteiger partial charge in [0.15, 0.2) is 0 Å². The maximum atomic E-state index is 5.01. The van der Waals surface area contributed by atoms with Crippen molar-refractivity contribution in [2.24, 2.45) is 35.5 Å². The number of rotatable bonds is 9. The van der Waals surface area contributed by atoms with Gasteiger partial charge in [-0.25, -0.2) is 32.1 Å². The van der Waals surface area contributed by atoms with Gasteiger partial charge >= 0.3 is 17.1 Å². The maximum Gasteiger partial charge on any atom is 2.00 e. The molecular weight excluding hydrogens is 798 g/mol. The summed E-state index contributed by atoms with van der Waals surface area (Å²) in [6, 6.07) is 38.9. The van der Waals surface area contributed by atoms with Gasteiger partial charge in [-0.05, 0) is 141 Å². The number of aromatic nitrogens is 4. The average Bonchev–Trinajstić information content (AvgIpc) is 3.96. The first-order valence-corrected chi connectivity index (χ1v) is 24.3. The molecule has 8 aliphatic rings. The molecule has 2 heterocycles. The third kappa shape index (κ3) is 7.15. The maximum absolute atomic E-state index is 5.01. The van der Waals surface area contributed by atoms with Crippen molar-refractivity contribution >= 4 is 17.2 Å². The molecule has 7 heteroatoms. The van der Waals surface area contributed by atoms with Gasteiger partial charge in [-0.2, -0.15) is 18.2 Å². The summed E-state index contributed by atoms with van der Waals surface area (Å²) >= 11 is 0. The predicted octanol–water partition coefficient (Wildman–Crippen LogP) is 12.8. The van der Waals surface area contributed by atoms with Crippen molar-refractivity contribution < 1.29 is 17.1 Å². The Hall–Kier alpha value is -3.32. The fourth-order valence-corrected chi connectivity index (χ4v) is 20.1. The van der Waals surface area contributed by atoms with Crippen molar-refractivity contribution in [2.45, 2.75) is 98.7 Å². The fourth-order valence-electron chi connectivity index (χ4n) is 14.4. The molecule has 4 nitrogen and oxygen atoms in total. The summed E-state index contributed by atoms with van der Waals surface area (Å²) in [7, 11) is 2.92. The van der Waals surface area contributed by atoms with E-state index in [1.807, 2.05) is 67.3 Å². The van der Waals surface area contributed by atoms with Crippen molar-refractivity contribution in [1.29, 1.82) is 0 Å². The summed E-state index contributed by atoms with van der Waals surface area (Å²) in [5.74, 6) is 7.18. The van der Waals surface area contributed by atoms with Crippen LogP contribution in [-0.2, 0) is 28.4 Å². The average molecular weight is 855 g/mol. The molecule has 0 spiro atoms. The molecule has 0 N–H and O–H groups in total. The van der Waals surface area contributed by atoms with E-state index in [0.29, 0.717) is 10.3 Å². The van der Waals surface area contributed by atoms with Gasteiger partial charge in [-0.1, -0.05) is 84.3 Å². The van der Waals surface area contributed by atoms with E-state index in [1.54, 1.807) is 0 Å². The van der Waals surface area contributed by atoms with Gasteiger partial charge in [-0.15, -0.1) is 33.0 Å². The predicted molar refractivity (Wildman–Crippen MR) is 241 cm³/mol. The smallest absolute Gasteiger partial charge is 0.240 e. The zero-order chi connectivity index (χ0) is 38.7. The van der Waals surface area contributed by atoms with Crippen LogP contribution in [-0.4, -0.2) is 30.2 Å². The summed E-state index contributed by atoms with van der Waals surface area (Å²) in [6.07, 6.45) is 26.7. The SMILES string of the molecule is PC(c1ncccn1)(c1ncccn1)c1cc(-c2ccccc2)[c-](-c2ccccc2)c1CP(C12CC3CC(CC(C3)C1)C2)C12CC3CC(CC(C3)C1)C2.[Fe+2].c1cc[cH-]c1. The van der Waals surface area contributed by atoms with E-state index in [0.717, 1.165) is 47.2 Å². The van der Waals surface area contributed by atoms with Gasteiger partial charge in [0, 0.05) is 24.8 Å². The first-order valence-electron chi connectivity index (χ1n) is 22.2. The van der Waals surface area contributed by atoms with E-state index < -0.39 is 5.16 Å². The molecule has 0 saturated heterocycles. The fraction of sp³-hybridized carbons (Fsp3) is 0.423. The number of benzene rings is 2. The van der Waals surface area contributed by atoms with Crippen molar-refractivity contribution in [3.8, 4) is 22.3 Å². The minimum atomic E-state index is -0.807. The van der Waals surface area contributed by atoms with Crippen LogP contribution >= 0.6 is 17.2 Å². The second-order valence-electron chi connectivity index (χ2n) is 19.3. The number of hydrogen-bond acceptors (Lipinski definition) is 4. The van der Waals surface area contributed by atoms with Crippen LogP contribution in [0, 0.1) is 35.5 Å². The molecule has 8 saturated carbocycles. The van der Waals surface area contributed by atoms with E-state index in [1.165, 1.54) is 117 Å². The Labute approximate surface area is 365 Å². The third-order valence-corrected chi connectivity index (χ3v) is 20.5. The van der Waals surface area contributed by atoms with Crippen molar-refractivity contribution in [1.82, 2.24) is 19.9 Å². The second kappa shape index (κ2) is 16.2. The molecule has 0 amide bonds. The van der Waals surface area contributed by atoms with E-state index in [-0.39, 0.29) is 25.0 Å².